The Kier molecular flexibility index (Phi) is 5.18. The monoisotopic (exact) mass is 375 g/mol. The van der Waals surface area contributed by atoms with E-state index in [-0.39, 0.29) is 23.0 Å². The average Bonchev–Trinajstić information content (AvgIpc) is 2.63. The molecular weight excluding hydrogens is 354 g/mol. The summed E-state index contributed by atoms with van der Waals surface area (Å²) >= 11 is 0. The fourth-order valence-corrected chi connectivity index (χ4v) is 3.91. The first-order chi connectivity index (χ1) is 12.4. The number of ether oxygens (including phenoxy) is 2. The van der Waals surface area contributed by atoms with Crippen molar-refractivity contribution in [2.24, 2.45) is 0 Å². The number of aryl methyl sites for hydroxylation is 1. The van der Waals surface area contributed by atoms with E-state index >= 15 is 0 Å². The Labute approximate surface area is 153 Å². The van der Waals surface area contributed by atoms with Gasteiger partial charge in [0.2, 0.25) is 5.91 Å². The van der Waals surface area contributed by atoms with E-state index in [0.717, 1.165) is 11.1 Å². The number of hydrogen-bond donors (Lipinski definition) is 1. The summed E-state index contributed by atoms with van der Waals surface area (Å²) in [7, 11) is -3.60. The third-order valence-corrected chi connectivity index (χ3v) is 6.06. The molecule has 0 fully saturated rings. The maximum atomic E-state index is 12.5. The third kappa shape index (κ3) is 3.99. The maximum absolute atomic E-state index is 12.5. The minimum atomic E-state index is -3.60. The number of hydrogen-bond acceptors (Lipinski definition) is 5. The number of rotatable bonds is 5. The normalized spacial score (nSPS) is 13.3. The fraction of sp³-hybridized carbons (Fsp3) is 0.316. The van der Waals surface area contributed by atoms with Crippen LogP contribution in [0.4, 0.5) is 5.69 Å². The Hall–Kier alpha value is -2.54. The second-order valence-electron chi connectivity index (χ2n) is 6.17. The molecule has 3 rings (SSSR count). The summed E-state index contributed by atoms with van der Waals surface area (Å²) in [6.45, 7) is 4.70. The van der Waals surface area contributed by atoms with E-state index in [0.29, 0.717) is 30.4 Å². The van der Waals surface area contributed by atoms with Gasteiger partial charge in [0.25, 0.3) is 0 Å². The van der Waals surface area contributed by atoms with Gasteiger partial charge >= 0.3 is 0 Å². The summed E-state index contributed by atoms with van der Waals surface area (Å²) in [6.07, 6.45) is -0.121. The molecule has 26 heavy (non-hydrogen) atoms. The standard InChI is InChI=1S/C19H21NO5S/c1-13-4-3-5-16(14(13)2)20-19(21)8-11-26(22,23)15-6-7-17-18(12-15)25-10-9-24-17/h3-7,12H,8-11H2,1-2H3,(H,20,21). The van der Waals surface area contributed by atoms with Gasteiger partial charge in [-0.3, -0.25) is 4.79 Å². The zero-order valence-corrected chi connectivity index (χ0v) is 15.6. The molecule has 1 aliphatic rings. The molecule has 6 nitrogen and oxygen atoms in total. The number of benzene rings is 2. The van der Waals surface area contributed by atoms with Gasteiger partial charge in [-0.25, -0.2) is 8.42 Å². The van der Waals surface area contributed by atoms with Gasteiger partial charge in [0.05, 0.1) is 10.6 Å². The SMILES string of the molecule is Cc1cccc(NC(=O)CCS(=O)(=O)c2ccc3c(c2)OCCO3)c1C. The molecule has 138 valence electrons. The van der Waals surface area contributed by atoms with Crippen LogP contribution >= 0.6 is 0 Å². The smallest absolute Gasteiger partial charge is 0.225 e. The molecule has 0 atom stereocenters. The summed E-state index contributed by atoms with van der Waals surface area (Å²) in [5.74, 6) is 0.337. The first-order valence-corrected chi connectivity index (χ1v) is 10.0. The predicted octanol–water partition coefficient (Wildman–Crippen LogP) is 2.88. The van der Waals surface area contributed by atoms with Crippen molar-refractivity contribution in [3.8, 4) is 11.5 Å². The summed E-state index contributed by atoms with van der Waals surface area (Å²) in [5.41, 5.74) is 2.73. The highest BCUT2D eigenvalue weighted by Crippen LogP contribution is 2.32. The van der Waals surface area contributed by atoms with E-state index in [4.69, 9.17) is 9.47 Å². The van der Waals surface area contributed by atoms with E-state index in [1.54, 1.807) is 12.1 Å². The Morgan fingerprint density at radius 2 is 1.81 bits per heavy atom. The number of carbonyl (C=O) groups excluding carboxylic acids is 1. The highest BCUT2D eigenvalue weighted by molar-refractivity contribution is 7.91. The van der Waals surface area contributed by atoms with E-state index in [9.17, 15) is 13.2 Å². The van der Waals surface area contributed by atoms with Crippen molar-refractivity contribution in [3.05, 3.63) is 47.5 Å². The molecule has 2 aromatic carbocycles. The summed E-state index contributed by atoms with van der Waals surface area (Å²) < 4.78 is 35.9. The van der Waals surface area contributed by atoms with Crippen LogP contribution in [0.3, 0.4) is 0 Å². The molecule has 0 saturated heterocycles. The van der Waals surface area contributed by atoms with Gasteiger partial charge in [-0.15, -0.1) is 0 Å². The van der Waals surface area contributed by atoms with E-state index in [1.165, 1.54) is 12.1 Å². The van der Waals surface area contributed by atoms with Crippen molar-refractivity contribution in [2.45, 2.75) is 25.2 Å². The van der Waals surface area contributed by atoms with Crippen LogP contribution in [-0.4, -0.2) is 33.3 Å². The number of fused-ring (bicyclic) bond motifs is 1. The van der Waals surface area contributed by atoms with E-state index in [2.05, 4.69) is 5.32 Å². The molecule has 1 heterocycles. The number of anilines is 1. The molecule has 0 unspecified atom stereocenters. The molecule has 7 heteroatoms. The van der Waals surface area contributed by atoms with Crippen molar-refractivity contribution in [2.75, 3.05) is 24.3 Å². The molecule has 0 bridgehead atoms. The second kappa shape index (κ2) is 7.37. The van der Waals surface area contributed by atoms with Gasteiger partial charge in [0.1, 0.15) is 13.2 Å². The van der Waals surface area contributed by atoms with Gasteiger partial charge in [-0.1, -0.05) is 12.1 Å². The highest BCUT2D eigenvalue weighted by atomic mass is 32.2. The zero-order chi connectivity index (χ0) is 18.7. The minimum Gasteiger partial charge on any atom is -0.486 e. The molecule has 0 radical (unpaired) electrons. The molecule has 0 aliphatic carbocycles. The van der Waals surface area contributed by atoms with E-state index < -0.39 is 9.84 Å². The first-order valence-electron chi connectivity index (χ1n) is 8.35. The van der Waals surface area contributed by atoms with Crippen molar-refractivity contribution in [1.29, 1.82) is 0 Å². The highest BCUT2D eigenvalue weighted by Gasteiger charge is 2.20. The van der Waals surface area contributed by atoms with Crippen LogP contribution in [0.1, 0.15) is 17.5 Å². The number of nitrogens with one attached hydrogen (secondary N) is 1. The Morgan fingerprint density at radius 1 is 1.08 bits per heavy atom. The Bertz CT molecular complexity index is 937. The van der Waals surface area contributed by atoms with Gasteiger partial charge < -0.3 is 14.8 Å². The molecule has 1 aliphatic heterocycles. The Balaban J connectivity index is 1.66. The van der Waals surface area contributed by atoms with Gasteiger partial charge in [0.15, 0.2) is 21.3 Å². The quantitative estimate of drug-likeness (QED) is 0.869. The summed E-state index contributed by atoms with van der Waals surface area (Å²) in [6, 6.07) is 10.1. The van der Waals surface area contributed by atoms with Crippen LogP contribution in [-0.2, 0) is 14.6 Å². The average molecular weight is 375 g/mol. The van der Waals surface area contributed by atoms with Crippen LogP contribution in [0.15, 0.2) is 41.3 Å². The molecule has 0 spiro atoms. The first kappa shape index (κ1) is 18.3. The molecule has 1 N–H and O–H groups in total. The molecule has 0 aromatic heterocycles. The van der Waals surface area contributed by atoms with E-state index in [1.807, 2.05) is 26.0 Å². The van der Waals surface area contributed by atoms with Gasteiger partial charge in [-0.2, -0.15) is 0 Å². The lowest BCUT2D eigenvalue weighted by Crippen LogP contribution is -2.19. The Morgan fingerprint density at radius 3 is 2.58 bits per heavy atom. The summed E-state index contributed by atoms with van der Waals surface area (Å²) in [5, 5.41) is 2.78. The van der Waals surface area contributed by atoms with Crippen LogP contribution in [0.2, 0.25) is 0 Å². The number of sulfone groups is 1. The van der Waals surface area contributed by atoms with Crippen LogP contribution in [0.25, 0.3) is 0 Å². The number of carbonyl (C=O) groups is 1. The predicted molar refractivity (Wildman–Crippen MR) is 98.6 cm³/mol. The zero-order valence-electron chi connectivity index (χ0n) is 14.7. The van der Waals surface area contributed by atoms with Crippen molar-refractivity contribution in [1.82, 2.24) is 0 Å². The third-order valence-electron chi connectivity index (χ3n) is 4.35. The fourth-order valence-electron chi connectivity index (χ4n) is 2.66. The molecular formula is C19H21NO5S. The second-order valence-corrected chi connectivity index (χ2v) is 8.28. The molecule has 1 amide bonds. The van der Waals surface area contributed by atoms with Gasteiger partial charge in [-0.05, 0) is 43.2 Å². The molecule has 0 saturated carbocycles. The minimum absolute atomic E-state index is 0.121. The number of amides is 1. The van der Waals surface area contributed by atoms with Crippen LogP contribution in [0.5, 0.6) is 11.5 Å². The lowest BCUT2D eigenvalue weighted by Gasteiger charge is -2.18. The lowest BCUT2D eigenvalue weighted by molar-refractivity contribution is -0.115. The van der Waals surface area contributed by atoms with Crippen molar-refractivity contribution >= 4 is 21.4 Å². The van der Waals surface area contributed by atoms with Crippen molar-refractivity contribution < 1.29 is 22.7 Å². The topological polar surface area (TPSA) is 81.7 Å². The van der Waals surface area contributed by atoms with Gasteiger partial charge in [0, 0.05) is 18.2 Å². The lowest BCUT2D eigenvalue weighted by atomic mass is 10.1. The largest absolute Gasteiger partial charge is 0.486 e. The maximum Gasteiger partial charge on any atom is 0.225 e. The van der Waals surface area contributed by atoms with Crippen molar-refractivity contribution in [3.63, 3.8) is 0 Å². The van der Waals surface area contributed by atoms with Crippen LogP contribution < -0.4 is 14.8 Å². The molecule has 2 aromatic rings. The summed E-state index contributed by atoms with van der Waals surface area (Å²) in [4.78, 5) is 12.3. The van der Waals surface area contributed by atoms with Crippen LogP contribution in [0, 0.1) is 13.8 Å².